The molecular formula is C11H12F3NO2. The number of benzene rings is 1. The fraction of sp³-hybridized carbons (Fsp3) is 0.364. The summed E-state index contributed by atoms with van der Waals surface area (Å²) < 4.78 is 43.4. The van der Waals surface area contributed by atoms with Crippen molar-refractivity contribution in [1.82, 2.24) is 0 Å². The van der Waals surface area contributed by atoms with E-state index in [1.807, 2.05) is 0 Å². The van der Waals surface area contributed by atoms with Crippen LogP contribution >= 0.6 is 0 Å². The van der Waals surface area contributed by atoms with Gasteiger partial charge in [0.15, 0.2) is 17.5 Å². The minimum absolute atomic E-state index is 0.146. The van der Waals surface area contributed by atoms with Gasteiger partial charge >= 0.3 is 5.97 Å². The molecule has 1 atom stereocenters. The molecule has 1 aromatic rings. The summed E-state index contributed by atoms with van der Waals surface area (Å²) in [6, 6.07) is 0.729. The Hall–Kier alpha value is -1.56. The van der Waals surface area contributed by atoms with Crippen LogP contribution in [0.1, 0.15) is 12.5 Å². The Morgan fingerprint density at radius 1 is 1.35 bits per heavy atom. The summed E-state index contributed by atoms with van der Waals surface area (Å²) in [6.07, 6.45) is -0.248. The zero-order chi connectivity index (χ0) is 13.0. The summed E-state index contributed by atoms with van der Waals surface area (Å²) in [4.78, 5) is 11.2. The molecule has 0 aliphatic carbocycles. The lowest BCUT2D eigenvalue weighted by atomic mass is 10.1. The molecule has 0 fully saturated rings. The van der Waals surface area contributed by atoms with Crippen LogP contribution in [0, 0.1) is 17.5 Å². The standard InChI is InChI=1S/C11H12F3NO2/c1-2-17-11(16)8(15)5-6-3-4-7(12)10(14)9(6)13/h3-4,8H,2,5,15H2,1H3. The minimum Gasteiger partial charge on any atom is -0.465 e. The van der Waals surface area contributed by atoms with Crippen molar-refractivity contribution in [2.75, 3.05) is 6.61 Å². The predicted octanol–water partition coefficient (Wildman–Crippen LogP) is 1.54. The summed E-state index contributed by atoms with van der Waals surface area (Å²) in [5.41, 5.74) is 5.27. The van der Waals surface area contributed by atoms with Gasteiger partial charge in [0.1, 0.15) is 6.04 Å². The molecule has 2 N–H and O–H groups in total. The lowest BCUT2D eigenvalue weighted by molar-refractivity contribution is -0.144. The maximum absolute atomic E-state index is 13.2. The van der Waals surface area contributed by atoms with Crippen molar-refractivity contribution in [1.29, 1.82) is 0 Å². The third kappa shape index (κ3) is 3.20. The molecule has 94 valence electrons. The van der Waals surface area contributed by atoms with Gasteiger partial charge in [-0.2, -0.15) is 0 Å². The molecule has 0 saturated heterocycles. The van der Waals surface area contributed by atoms with E-state index in [0.717, 1.165) is 12.1 Å². The Kier molecular flexibility index (Phi) is 4.51. The van der Waals surface area contributed by atoms with Crippen LogP contribution in [0.5, 0.6) is 0 Å². The van der Waals surface area contributed by atoms with Crippen molar-refractivity contribution in [3.8, 4) is 0 Å². The molecule has 0 aromatic heterocycles. The number of hydrogen-bond donors (Lipinski definition) is 1. The smallest absolute Gasteiger partial charge is 0.323 e. The zero-order valence-corrected chi connectivity index (χ0v) is 9.17. The van der Waals surface area contributed by atoms with Crippen LogP contribution < -0.4 is 5.73 Å². The van der Waals surface area contributed by atoms with Gasteiger partial charge in [0.2, 0.25) is 0 Å². The Labute approximate surface area is 96.4 Å². The van der Waals surface area contributed by atoms with Crippen molar-refractivity contribution in [2.24, 2.45) is 5.73 Å². The second-order valence-electron chi connectivity index (χ2n) is 3.40. The number of esters is 1. The number of ether oxygens (including phenoxy) is 1. The van der Waals surface area contributed by atoms with Crippen molar-refractivity contribution in [2.45, 2.75) is 19.4 Å². The second kappa shape index (κ2) is 5.67. The SMILES string of the molecule is CCOC(=O)C(N)Cc1ccc(F)c(F)c1F. The Bertz CT molecular complexity index is 423. The Morgan fingerprint density at radius 2 is 2.00 bits per heavy atom. The minimum atomic E-state index is -1.57. The highest BCUT2D eigenvalue weighted by Crippen LogP contribution is 2.16. The monoisotopic (exact) mass is 247 g/mol. The van der Waals surface area contributed by atoms with E-state index in [2.05, 4.69) is 4.74 Å². The number of carbonyl (C=O) groups is 1. The van der Waals surface area contributed by atoms with Crippen molar-refractivity contribution < 1.29 is 22.7 Å². The van der Waals surface area contributed by atoms with E-state index in [-0.39, 0.29) is 18.6 Å². The highest BCUT2D eigenvalue weighted by molar-refractivity contribution is 5.75. The van der Waals surface area contributed by atoms with Crippen molar-refractivity contribution >= 4 is 5.97 Å². The van der Waals surface area contributed by atoms with Crippen molar-refractivity contribution in [3.05, 3.63) is 35.1 Å². The average molecular weight is 247 g/mol. The van der Waals surface area contributed by atoms with Gasteiger partial charge in [0.25, 0.3) is 0 Å². The van der Waals surface area contributed by atoms with E-state index in [0.29, 0.717) is 0 Å². The molecule has 0 saturated carbocycles. The molecule has 0 amide bonds. The molecule has 0 aliphatic heterocycles. The number of halogens is 3. The average Bonchev–Trinajstić information content (AvgIpc) is 2.30. The Morgan fingerprint density at radius 3 is 2.59 bits per heavy atom. The van der Waals surface area contributed by atoms with Gasteiger partial charge < -0.3 is 10.5 Å². The largest absolute Gasteiger partial charge is 0.465 e. The van der Waals surface area contributed by atoms with Gasteiger partial charge in [-0.15, -0.1) is 0 Å². The molecule has 1 rings (SSSR count). The molecular weight excluding hydrogens is 235 g/mol. The molecule has 0 radical (unpaired) electrons. The summed E-state index contributed by atoms with van der Waals surface area (Å²) in [6.45, 7) is 1.75. The summed E-state index contributed by atoms with van der Waals surface area (Å²) in [5, 5.41) is 0. The van der Waals surface area contributed by atoms with Gasteiger partial charge in [-0.1, -0.05) is 6.07 Å². The van der Waals surface area contributed by atoms with Crippen LogP contribution in [0.3, 0.4) is 0 Å². The number of carbonyl (C=O) groups excluding carboxylic acids is 1. The first-order valence-electron chi connectivity index (χ1n) is 5.02. The first kappa shape index (κ1) is 13.5. The van der Waals surface area contributed by atoms with Gasteiger partial charge in [-0.3, -0.25) is 4.79 Å². The lowest BCUT2D eigenvalue weighted by Crippen LogP contribution is -2.34. The van der Waals surface area contributed by atoms with E-state index in [9.17, 15) is 18.0 Å². The van der Waals surface area contributed by atoms with Crippen LogP contribution in [0.15, 0.2) is 12.1 Å². The quantitative estimate of drug-likeness (QED) is 0.648. The van der Waals surface area contributed by atoms with Crippen LogP contribution in [0.2, 0.25) is 0 Å². The highest BCUT2D eigenvalue weighted by Gasteiger charge is 2.20. The van der Waals surface area contributed by atoms with Gasteiger partial charge in [0.05, 0.1) is 6.61 Å². The first-order valence-corrected chi connectivity index (χ1v) is 5.02. The van der Waals surface area contributed by atoms with Crippen LogP contribution in [-0.2, 0) is 16.0 Å². The van der Waals surface area contributed by atoms with Crippen LogP contribution in [0.4, 0.5) is 13.2 Å². The third-order valence-electron chi connectivity index (χ3n) is 2.14. The van der Waals surface area contributed by atoms with E-state index in [4.69, 9.17) is 5.73 Å². The molecule has 0 bridgehead atoms. The third-order valence-corrected chi connectivity index (χ3v) is 2.14. The first-order chi connectivity index (χ1) is 7.97. The number of rotatable bonds is 4. The highest BCUT2D eigenvalue weighted by atomic mass is 19.2. The molecule has 0 aliphatic rings. The number of nitrogens with two attached hydrogens (primary N) is 1. The predicted molar refractivity (Wildman–Crippen MR) is 54.6 cm³/mol. The fourth-order valence-corrected chi connectivity index (χ4v) is 1.29. The van der Waals surface area contributed by atoms with E-state index >= 15 is 0 Å². The summed E-state index contributed by atoms with van der Waals surface area (Å²) in [7, 11) is 0. The van der Waals surface area contributed by atoms with E-state index in [1.165, 1.54) is 0 Å². The topological polar surface area (TPSA) is 52.3 Å². The lowest BCUT2D eigenvalue weighted by Gasteiger charge is -2.11. The Balaban J connectivity index is 2.82. The van der Waals surface area contributed by atoms with E-state index < -0.39 is 29.5 Å². The van der Waals surface area contributed by atoms with Gasteiger partial charge in [-0.25, -0.2) is 13.2 Å². The zero-order valence-electron chi connectivity index (χ0n) is 9.17. The van der Waals surface area contributed by atoms with Gasteiger partial charge in [0, 0.05) is 6.42 Å². The molecule has 0 heterocycles. The summed E-state index contributed by atoms with van der Waals surface area (Å²) in [5.74, 6) is -4.89. The molecule has 1 unspecified atom stereocenters. The molecule has 17 heavy (non-hydrogen) atoms. The number of hydrogen-bond acceptors (Lipinski definition) is 3. The maximum atomic E-state index is 13.2. The fourth-order valence-electron chi connectivity index (χ4n) is 1.29. The van der Waals surface area contributed by atoms with Crippen molar-refractivity contribution in [3.63, 3.8) is 0 Å². The van der Waals surface area contributed by atoms with Gasteiger partial charge in [-0.05, 0) is 18.6 Å². The molecule has 3 nitrogen and oxygen atoms in total. The normalized spacial score (nSPS) is 12.3. The molecule has 1 aromatic carbocycles. The molecule has 0 spiro atoms. The van der Waals surface area contributed by atoms with Crippen LogP contribution in [0.25, 0.3) is 0 Å². The maximum Gasteiger partial charge on any atom is 0.323 e. The van der Waals surface area contributed by atoms with Crippen LogP contribution in [-0.4, -0.2) is 18.6 Å². The van der Waals surface area contributed by atoms with E-state index in [1.54, 1.807) is 6.92 Å². The second-order valence-corrected chi connectivity index (χ2v) is 3.40. The summed E-state index contributed by atoms with van der Waals surface area (Å²) >= 11 is 0. The molecule has 6 heteroatoms.